The first-order chi connectivity index (χ1) is 16.1. The molecule has 1 aromatic carbocycles. The van der Waals surface area contributed by atoms with E-state index in [-0.39, 0.29) is 11.8 Å². The Morgan fingerprint density at radius 1 is 1.00 bits per heavy atom. The number of hydrogen-bond acceptors (Lipinski definition) is 4. The minimum absolute atomic E-state index is 0.0749. The maximum Gasteiger partial charge on any atom is 0.272 e. The first-order valence-electron chi connectivity index (χ1n) is 12.6. The van der Waals surface area contributed by atoms with E-state index < -0.39 is 0 Å². The molecule has 2 aliphatic carbocycles. The Bertz CT molecular complexity index is 998. The highest BCUT2D eigenvalue weighted by atomic mass is 16.2. The number of hydrogen-bond donors (Lipinski definition) is 1. The molecule has 1 N–H and O–H groups in total. The lowest BCUT2D eigenvalue weighted by atomic mass is 10.1. The van der Waals surface area contributed by atoms with Gasteiger partial charge in [0.05, 0.1) is 5.69 Å². The van der Waals surface area contributed by atoms with Crippen LogP contribution in [0.3, 0.4) is 0 Å². The van der Waals surface area contributed by atoms with Gasteiger partial charge in [0.15, 0.2) is 5.69 Å². The number of benzene rings is 1. The largest absolute Gasteiger partial charge is 0.349 e. The van der Waals surface area contributed by atoms with Gasteiger partial charge in [-0.2, -0.15) is 5.10 Å². The molecule has 0 radical (unpaired) electrons. The third-order valence-corrected chi connectivity index (χ3v) is 7.53. The van der Waals surface area contributed by atoms with Crippen molar-refractivity contribution in [2.75, 3.05) is 39.3 Å². The smallest absolute Gasteiger partial charge is 0.272 e. The molecule has 1 aromatic heterocycles. The Hall–Kier alpha value is -2.67. The number of aryl methyl sites for hydroxylation is 1. The summed E-state index contributed by atoms with van der Waals surface area (Å²) in [7, 11) is 0. The second-order valence-corrected chi connectivity index (χ2v) is 9.78. The van der Waals surface area contributed by atoms with E-state index >= 15 is 0 Å². The fraction of sp³-hybridized carbons (Fsp3) is 0.577. The van der Waals surface area contributed by atoms with Crippen LogP contribution in [0.1, 0.15) is 59.4 Å². The zero-order valence-corrected chi connectivity index (χ0v) is 19.7. The molecule has 5 rings (SSSR count). The van der Waals surface area contributed by atoms with Gasteiger partial charge in [0, 0.05) is 56.4 Å². The topological polar surface area (TPSA) is 70.5 Å². The molecule has 0 spiro atoms. The van der Waals surface area contributed by atoms with Gasteiger partial charge in [0.1, 0.15) is 0 Å². The molecule has 2 amide bonds. The molecule has 7 nitrogen and oxygen atoms in total. The zero-order chi connectivity index (χ0) is 22.8. The van der Waals surface area contributed by atoms with E-state index in [1.165, 1.54) is 24.1 Å². The van der Waals surface area contributed by atoms with E-state index in [0.717, 1.165) is 76.1 Å². The van der Waals surface area contributed by atoms with Gasteiger partial charge in [-0.25, -0.2) is 4.68 Å². The molecule has 2 heterocycles. The molecule has 1 saturated carbocycles. The molecule has 7 heteroatoms. The summed E-state index contributed by atoms with van der Waals surface area (Å²) in [5.41, 5.74) is 5.08. The summed E-state index contributed by atoms with van der Waals surface area (Å²) in [4.78, 5) is 30.0. The minimum atomic E-state index is -0.0749. The Balaban J connectivity index is 1.14. The van der Waals surface area contributed by atoms with E-state index in [4.69, 9.17) is 5.10 Å². The van der Waals surface area contributed by atoms with Crippen LogP contribution < -0.4 is 5.32 Å². The Kier molecular flexibility index (Phi) is 6.49. The van der Waals surface area contributed by atoms with Crippen molar-refractivity contribution < 1.29 is 9.59 Å². The Morgan fingerprint density at radius 3 is 2.45 bits per heavy atom. The third-order valence-electron chi connectivity index (χ3n) is 7.53. The molecule has 3 aliphatic rings. The average molecular weight is 450 g/mol. The molecule has 2 aromatic rings. The van der Waals surface area contributed by atoms with E-state index in [1.807, 2.05) is 9.58 Å². The highest BCUT2D eigenvalue weighted by Gasteiger charge is 2.30. The predicted octanol–water partition coefficient (Wildman–Crippen LogP) is 2.73. The lowest BCUT2D eigenvalue weighted by Gasteiger charge is -2.36. The summed E-state index contributed by atoms with van der Waals surface area (Å²) in [6.45, 7) is 6.84. The van der Waals surface area contributed by atoms with Crippen LogP contribution in [0.25, 0.3) is 5.69 Å². The van der Waals surface area contributed by atoms with Gasteiger partial charge in [0.2, 0.25) is 5.91 Å². The zero-order valence-electron chi connectivity index (χ0n) is 19.7. The lowest BCUT2D eigenvalue weighted by molar-refractivity contribution is -0.137. The fourth-order valence-corrected chi connectivity index (χ4v) is 5.55. The van der Waals surface area contributed by atoms with Crippen molar-refractivity contribution >= 4 is 11.8 Å². The number of amides is 2. The number of carbonyl (C=O) groups is 2. The third kappa shape index (κ3) is 4.69. The monoisotopic (exact) mass is 449 g/mol. The standard InChI is InChI=1S/C26H35N5O2/c1-19-9-11-21(12-10-19)31-23-8-4-7-22(23)24(28-31)25(32)27-13-14-29-15-17-30(18-16-29)26(33)20-5-2-3-6-20/h9-12,20H,2-8,13-18H2,1H3,(H,27,32). The summed E-state index contributed by atoms with van der Waals surface area (Å²) >= 11 is 0. The average Bonchev–Trinajstić information content (AvgIpc) is 3.58. The van der Waals surface area contributed by atoms with Crippen LogP contribution in [-0.4, -0.2) is 70.7 Å². The number of nitrogens with one attached hydrogen (secondary N) is 1. The van der Waals surface area contributed by atoms with Crippen molar-refractivity contribution in [2.45, 2.75) is 51.9 Å². The normalized spacial score (nSPS) is 19.1. The van der Waals surface area contributed by atoms with Crippen LogP contribution in [0.4, 0.5) is 0 Å². The lowest BCUT2D eigenvalue weighted by Crippen LogP contribution is -2.51. The minimum Gasteiger partial charge on any atom is -0.349 e. The Labute approximate surface area is 196 Å². The van der Waals surface area contributed by atoms with Crippen molar-refractivity contribution in [3.05, 3.63) is 46.8 Å². The van der Waals surface area contributed by atoms with Crippen LogP contribution in [-0.2, 0) is 17.6 Å². The molecule has 176 valence electrons. The van der Waals surface area contributed by atoms with Gasteiger partial charge in [-0.3, -0.25) is 14.5 Å². The van der Waals surface area contributed by atoms with Gasteiger partial charge < -0.3 is 10.2 Å². The van der Waals surface area contributed by atoms with E-state index in [0.29, 0.717) is 18.1 Å². The van der Waals surface area contributed by atoms with E-state index in [1.54, 1.807) is 0 Å². The van der Waals surface area contributed by atoms with Crippen LogP contribution in [0, 0.1) is 12.8 Å². The fourth-order valence-electron chi connectivity index (χ4n) is 5.55. The van der Waals surface area contributed by atoms with Gasteiger partial charge in [0.25, 0.3) is 5.91 Å². The molecular weight excluding hydrogens is 414 g/mol. The number of carbonyl (C=O) groups excluding carboxylic acids is 2. The molecule has 33 heavy (non-hydrogen) atoms. The number of aromatic nitrogens is 2. The maximum absolute atomic E-state index is 13.0. The number of fused-ring (bicyclic) bond motifs is 1. The SMILES string of the molecule is Cc1ccc(-n2nc(C(=O)NCCN3CCN(C(=O)C4CCCC4)CC3)c3c2CCC3)cc1. The van der Waals surface area contributed by atoms with Crippen molar-refractivity contribution in [3.8, 4) is 5.69 Å². The second-order valence-electron chi connectivity index (χ2n) is 9.78. The summed E-state index contributed by atoms with van der Waals surface area (Å²) in [6.07, 6.45) is 7.48. The van der Waals surface area contributed by atoms with Gasteiger partial charge in [-0.05, 0) is 51.2 Å². The van der Waals surface area contributed by atoms with Gasteiger partial charge in [-0.15, -0.1) is 0 Å². The first-order valence-corrected chi connectivity index (χ1v) is 12.6. The molecule has 2 fully saturated rings. The van der Waals surface area contributed by atoms with Crippen molar-refractivity contribution in [2.24, 2.45) is 5.92 Å². The quantitative estimate of drug-likeness (QED) is 0.736. The van der Waals surface area contributed by atoms with E-state index in [9.17, 15) is 9.59 Å². The van der Waals surface area contributed by atoms with Crippen molar-refractivity contribution in [1.29, 1.82) is 0 Å². The summed E-state index contributed by atoms with van der Waals surface area (Å²) in [5, 5.41) is 7.80. The highest BCUT2D eigenvalue weighted by Crippen LogP contribution is 2.28. The molecule has 0 atom stereocenters. The molecule has 0 unspecified atom stereocenters. The first kappa shape index (κ1) is 22.1. The molecule has 1 aliphatic heterocycles. The van der Waals surface area contributed by atoms with Crippen LogP contribution in [0.2, 0.25) is 0 Å². The van der Waals surface area contributed by atoms with E-state index in [2.05, 4.69) is 41.4 Å². The molecule has 1 saturated heterocycles. The van der Waals surface area contributed by atoms with Crippen molar-refractivity contribution in [1.82, 2.24) is 24.9 Å². The maximum atomic E-state index is 13.0. The number of nitrogens with zero attached hydrogens (tertiary/aromatic N) is 4. The van der Waals surface area contributed by atoms with Gasteiger partial charge in [-0.1, -0.05) is 30.5 Å². The number of rotatable bonds is 6. The highest BCUT2D eigenvalue weighted by molar-refractivity contribution is 5.94. The Morgan fingerprint density at radius 2 is 1.73 bits per heavy atom. The molecule has 0 bridgehead atoms. The molecular formula is C26H35N5O2. The summed E-state index contributed by atoms with van der Waals surface area (Å²) in [5.74, 6) is 0.546. The van der Waals surface area contributed by atoms with Crippen LogP contribution >= 0.6 is 0 Å². The van der Waals surface area contributed by atoms with Crippen LogP contribution in [0.5, 0.6) is 0 Å². The summed E-state index contributed by atoms with van der Waals surface area (Å²) < 4.78 is 1.96. The predicted molar refractivity (Wildman–Crippen MR) is 128 cm³/mol. The summed E-state index contributed by atoms with van der Waals surface area (Å²) in [6, 6.07) is 8.30. The van der Waals surface area contributed by atoms with Crippen LogP contribution in [0.15, 0.2) is 24.3 Å². The number of piperazine rings is 1. The van der Waals surface area contributed by atoms with Gasteiger partial charge >= 0.3 is 0 Å². The van der Waals surface area contributed by atoms with Crippen molar-refractivity contribution in [3.63, 3.8) is 0 Å². The second kappa shape index (κ2) is 9.67.